The van der Waals surface area contributed by atoms with Crippen molar-refractivity contribution >= 4 is 23.6 Å². The molecule has 0 aromatic heterocycles. The molecule has 6 heteroatoms. The van der Waals surface area contributed by atoms with Gasteiger partial charge in [-0.05, 0) is 6.42 Å². The first-order valence-electron chi connectivity index (χ1n) is 3.41. The Labute approximate surface area is 75.2 Å². The van der Waals surface area contributed by atoms with Gasteiger partial charge in [0.1, 0.15) is 5.88 Å². The molecule has 0 aromatic carbocycles. The van der Waals surface area contributed by atoms with Crippen molar-refractivity contribution in [2.24, 2.45) is 5.73 Å². The minimum Gasteiger partial charge on any atom is -0.450 e. The highest BCUT2D eigenvalue weighted by molar-refractivity contribution is 6.27. The zero-order chi connectivity index (χ0) is 9.40. The molecular weight excluding hydrogens is 184 g/mol. The van der Waals surface area contributed by atoms with E-state index in [0.29, 0.717) is 13.0 Å². The van der Waals surface area contributed by atoms with Crippen LogP contribution in [-0.2, 0) is 9.53 Å². The predicted octanol–water partition coefficient (Wildman–Crippen LogP) is -0.173. The molecule has 70 valence electrons. The van der Waals surface area contributed by atoms with Crippen molar-refractivity contribution in [3.63, 3.8) is 0 Å². The maximum Gasteiger partial charge on any atom is 0.404 e. The van der Waals surface area contributed by atoms with Crippen LogP contribution in [-0.4, -0.2) is 31.0 Å². The number of hydrogen-bond acceptors (Lipinski definition) is 3. The lowest BCUT2D eigenvalue weighted by Gasteiger charge is -2.02. The highest BCUT2D eigenvalue weighted by Gasteiger charge is 1.97. The molecule has 0 fully saturated rings. The van der Waals surface area contributed by atoms with Crippen LogP contribution in [0.4, 0.5) is 4.79 Å². The van der Waals surface area contributed by atoms with E-state index in [2.05, 4.69) is 10.1 Å². The third-order valence-corrected chi connectivity index (χ3v) is 1.25. The Balaban J connectivity index is 3.11. The van der Waals surface area contributed by atoms with E-state index >= 15 is 0 Å². The number of amides is 2. The van der Waals surface area contributed by atoms with Gasteiger partial charge in [0.25, 0.3) is 0 Å². The van der Waals surface area contributed by atoms with Gasteiger partial charge in [0.05, 0.1) is 6.61 Å². The van der Waals surface area contributed by atoms with Crippen LogP contribution < -0.4 is 11.1 Å². The van der Waals surface area contributed by atoms with E-state index in [1.54, 1.807) is 0 Å². The SMILES string of the molecule is NC(=O)OCCCNC(=O)CCl. The largest absolute Gasteiger partial charge is 0.450 e. The minimum atomic E-state index is -0.807. The summed E-state index contributed by atoms with van der Waals surface area (Å²) in [5, 5.41) is 2.50. The molecule has 0 saturated heterocycles. The van der Waals surface area contributed by atoms with Crippen molar-refractivity contribution in [2.45, 2.75) is 6.42 Å². The number of ether oxygens (including phenoxy) is 1. The molecular formula is C6H11ClN2O3. The third kappa shape index (κ3) is 7.14. The molecule has 0 radical (unpaired) electrons. The fourth-order valence-electron chi connectivity index (χ4n) is 0.520. The van der Waals surface area contributed by atoms with Gasteiger partial charge in [-0.2, -0.15) is 0 Å². The first-order valence-corrected chi connectivity index (χ1v) is 3.95. The van der Waals surface area contributed by atoms with E-state index in [1.165, 1.54) is 0 Å². The number of carbonyl (C=O) groups is 2. The van der Waals surface area contributed by atoms with Crippen LogP contribution in [0.5, 0.6) is 0 Å². The van der Waals surface area contributed by atoms with Crippen LogP contribution in [0.25, 0.3) is 0 Å². The summed E-state index contributed by atoms with van der Waals surface area (Å²) in [6.45, 7) is 0.636. The Morgan fingerprint density at radius 1 is 1.50 bits per heavy atom. The summed E-state index contributed by atoms with van der Waals surface area (Å²) in [4.78, 5) is 20.6. The molecule has 0 aromatic rings. The topological polar surface area (TPSA) is 81.4 Å². The Morgan fingerprint density at radius 3 is 2.67 bits per heavy atom. The number of hydrogen-bond donors (Lipinski definition) is 2. The summed E-state index contributed by atoms with van der Waals surface area (Å²) in [7, 11) is 0. The molecule has 0 unspecified atom stereocenters. The van der Waals surface area contributed by atoms with Gasteiger partial charge >= 0.3 is 6.09 Å². The monoisotopic (exact) mass is 194 g/mol. The Hall–Kier alpha value is -0.970. The van der Waals surface area contributed by atoms with Crippen LogP contribution in [0, 0.1) is 0 Å². The number of halogens is 1. The van der Waals surface area contributed by atoms with E-state index in [1.807, 2.05) is 0 Å². The summed E-state index contributed by atoms with van der Waals surface area (Å²) < 4.78 is 4.41. The number of nitrogens with two attached hydrogens (primary N) is 1. The van der Waals surface area contributed by atoms with Crippen LogP contribution in [0.3, 0.4) is 0 Å². The smallest absolute Gasteiger partial charge is 0.404 e. The summed E-state index contributed by atoms with van der Waals surface area (Å²) in [5.41, 5.74) is 4.69. The number of primary amides is 1. The van der Waals surface area contributed by atoms with Crippen LogP contribution in [0.2, 0.25) is 0 Å². The second-order valence-corrected chi connectivity index (χ2v) is 2.27. The van der Waals surface area contributed by atoms with Crippen molar-refractivity contribution in [1.29, 1.82) is 0 Å². The molecule has 0 saturated carbocycles. The molecule has 0 atom stereocenters. The standard InChI is InChI=1S/C6H11ClN2O3/c7-4-5(10)9-2-1-3-12-6(8)11/h1-4H2,(H2,8,11)(H,9,10). The maximum atomic E-state index is 10.5. The van der Waals surface area contributed by atoms with Crippen LogP contribution >= 0.6 is 11.6 Å². The number of rotatable bonds is 5. The van der Waals surface area contributed by atoms with Crippen LogP contribution in [0.15, 0.2) is 0 Å². The summed E-state index contributed by atoms with van der Waals surface area (Å²) >= 11 is 5.20. The van der Waals surface area contributed by atoms with E-state index in [4.69, 9.17) is 17.3 Å². The molecule has 3 N–H and O–H groups in total. The van der Waals surface area contributed by atoms with Gasteiger partial charge in [-0.25, -0.2) is 4.79 Å². The fraction of sp³-hybridized carbons (Fsp3) is 0.667. The third-order valence-electron chi connectivity index (χ3n) is 1.01. The lowest BCUT2D eigenvalue weighted by molar-refractivity contribution is -0.118. The highest BCUT2D eigenvalue weighted by Crippen LogP contribution is 1.81. The average molecular weight is 195 g/mol. The molecule has 0 aliphatic carbocycles. The molecule has 0 heterocycles. The van der Waals surface area contributed by atoms with E-state index < -0.39 is 6.09 Å². The van der Waals surface area contributed by atoms with Crippen molar-refractivity contribution in [1.82, 2.24) is 5.32 Å². The molecule has 0 spiro atoms. The lowest BCUT2D eigenvalue weighted by Crippen LogP contribution is -2.26. The fourth-order valence-corrected chi connectivity index (χ4v) is 0.614. The molecule has 2 amide bonds. The van der Waals surface area contributed by atoms with Gasteiger partial charge in [0.15, 0.2) is 0 Å². The van der Waals surface area contributed by atoms with E-state index in [0.717, 1.165) is 0 Å². The highest BCUT2D eigenvalue weighted by atomic mass is 35.5. The number of nitrogens with one attached hydrogen (secondary N) is 1. The van der Waals surface area contributed by atoms with Crippen LogP contribution in [0.1, 0.15) is 6.42 Å². The Bertz CT molecular complexity index is 163. The maximum absolute atomic E-state index is 10.5. The molecule has 0 rings (SSSR count). The van der Waals surface area contributed by atoms with Gasteiger partial charge in [-0.3, -0.25) is 4.79 Å². The van der Waals surface area contributed by atoms with Crippen molar-refractivity contribution < 1.29 is 14.3 Å². The second kappa shape index (κ2) is 6.72. The van der Waals surface area contributed by atoms with E-state index in [9.17, 15) is 9.59 Å². The van der Waals surface area contributed by atoms with Gasteiger partial charge in [-0.15, -0.1) is 11.6 Å². The predicted molar refractivity (Wildman–Crippen MR) is 43.9 cm³/mol. The summed E-state index contributed by atoms with van der Waals surface area (Å²) in [5.74, 6) is -0.299. The number of alkyl halides is 1. The Kier molecular flexibility index (Phi) is 6.18. The first kappa shape index (κ1) is 11.0. The van der Waals surface area contributed by atoms with Gasteiger partial charge in [-0.1, -0.05) is 0 Å². The van der Waals surface area contributed by atoms with E-state index in [-0.39, 0.29) is 18.4 Å². The molecule has 0 bridgehead atoms. The van der Waals surface area contributed by atoms with Crippen molar-refractivity contribution in [3.8, 4) is 0 Å². The lowest BCUT2D eigenvalue weighted by atomic mass is 10.4. The van der Waals surface area contributed by atoms with Gasteiger partial charge < -0.3 is 15.8 Å². The molecule has 0 aliphatic heterocycles. The van der Waals surface area contributed by atoms with Gasteiger partial charge in [0, 0.05) is 6.54 Å². The second-order valence-electron chi connectivity index (χ2n) is 2.00. The summed E-state index contributed by atoms with van der Waals surface area (Å²) in [6.07, 6.45) is -0.273. The number of carbonyl (C=O) groups excluding carboxylic acids is 2. The average Bonchev–Trinajstić information content (AvgIpc) is 2.03. The zero-order valence-electron chi connectivity index (χ0n) is 6.51. The first-order chi connectivity index (χ1) is 5.66. The molecule has 0 aliphatic rings. The summed E-state index contributed by atoms with van der Waals surface area (Å²) in [6, 6.07) is 0. The van der Waals surface area contributed by atoms with Gasteiger partial charge in [0.2, 0.25) is 5.91 Å². The minimum absolute atomic E-state index is 0.0589. The molecule has 12 heavy (non-hydrogen) atoms. The van der Waals surface area contributed by atoms with Crippen molar-refractivity contribution in [2.75, 3.05) is 19.0 Å². The van der Waals surface area contributed by atoms with Crippen molar-refractivity contribution in [3.05, 3.63) is 0 Å². The Morgan fingerprint density at radius 2 is 2.17 bits per heavy atom. The quantitative estimate of drug-likeness (QED) is 0.471. The normalized spacial score (nSPS) is 9.08. The molecule has 5 nitrogen and oxygen atoms in total. The zero-order valence-corrected chi connectivity index (χ0v) is 7.26.